The SMILES string of the molecule is Cc1cc(Sc2ccc(Cl)cn2)c(C#N)c(C)n1. The number of aromatic nitrogens is 2. The van der Waals surface area contributed by atoms with Gasteiger partial charge in [0, 0.05) is 16.8 Å². The lowest BCUT2D eigenvalue weighted by molar-refractivity contribution is 1.06. The molecule has 2 aromatic rings. The lowest BCUT2D eigenvalue weighted by atomic mass is 10.2. The van der Waals surface area contributed by atoms with E-state index in [1.807, 2.05) is 26.0 Å². The molecule has 0 unspecified atom stereocenters. The van der Waals surface area contributed by atoms with E-state index in [0.29, 0.717) is 10.6 Å². The summed E-state index contributed by atoms with van der Waals surface area (Å²) in [7, 11) is 0. The average molecular weight is 276 g/mol. The van der Waals surface area contributed by atoms with Crippen LogP contribution in [0.1, 0.15) is 17.0 Å². The van der Waals surface area contributed by atoms with E-state index in [2.05, 4.69) is 16.0 Å². The first-order valence-corrected chi connectivity index (χ1v) is 6.47. The van der Waals surface area contributed by atoms with Crippen LogP contribution < -0.4 is 0 Å². The fourth-order valence-electron chi connectivity index (χ4n) is 1.54. The van der Waals surface area contributed by atoms with Gasteiger partial charge in [0.2, 0.25) is 0 Å². The minimum absolute atomic E-state index is 0.599. The van der Waals surface area contributed by atoms with Crippen molar-refractivity contribution >= 4 is 23.4 Å². The smallest absolute Gasteiger partial charge is 0.102 e. The average Bonchev–Trinajstić information content (AvgIpc) is 2.32. The Morgan fingerprint density at radius 3 is 2.72 bits per heavy atom. The summed E-state index contributed by atoms with van der Waals surface area (Å²) >= 11 is 7.23. The third kappa shape index (κ3) is 2.81. The molecule has 3 nitrogen and oxygen atoms in total. The molecule has 0 saturated heterocycles. The molecule has 0 bridgehead atoms. The first kappa shape index (κ1) is 12.9. The predicted molar refractivity (Wildman–Crippen MR) is 71.8 cm³/mol. The van der Waals surface area contributed by atoms with Gasteiger partial charge >= 0.3 is 0 Å². The highest BCUT2D eigenvalue weighted by Gasteiger charge is 2.10. The van der Waals surface area contributed by atoms with E-state index in [1.54, 1.807) is 12.3 Å². The second kappa shape index (κ2) is 5.38. The number of pyridine rings is 2. The van der Waals surface area contributed by atoms with Gasteiger partial charge in [-0.05, 0) is 32.0 Å². The van der Waals surface area contributed by atoms with Gasteiger partial charge in [-0.25, -0.2) is 4.98 Å². The first-order valence-electron chi connectivity index (χ1n) is 5.28. The van der Waals surface area contributed by atoms with Crippen LogP contribution in [0.25, 0.3) is 0 Å². The molecule has 0 saturated carbocycles. The molecule has 2 rings (SSSR count). The minimum Gasteiger partial charge on any atom is -0.257 e. The maximum absolute atomic E-state index is 9.17. The quantitative estimate of drug-likeness (QED) is 0.837. The second-order valence-corrected chi connectivity index (χ2v) is 5.25. The number of hydrogen-bond donors (Lipinski definition) is 0. The highest BCUT2D eigenvalue weighted by Crippen LogP contribution is 2.30. The molecule has 90 valence electrons. The van der Waals surface area contributed by atoms with Gasteiger partial charge < -0.3 is 0 Å². The van der Waals surface area contributed by atoms with Crippen LogP contribution in [0.2, 0.25) is 5.02 Å². The Morgan fingerprint density at radius 1 is 1.33 bits per heavy atom. The first-order chi connectivity index (χ1) is 8.60. The molecule has 0 amide bonds. The van der Waals surface area contributed by atoms with Crippen molar-refractivity contribution in [2.24, 2.45) is 0 Å². The number of halogens is 1. The van der Waals surface area contributed by atoms with Gasteiger partial charge in [-0.15, -0.1) is 0 Å². The Labute approximate surface area is 115 Å². The molecule has 0 aliphatic heterocycles. The van der Waals surface area contributed by atoms with Crippen LogP contribution in [0, 0.1) is 25.2 Å². The molecule has 0 aliphatic rings. The molecule has 2 aromatic heterocycles. The number of aryl methyl sites for hydroxylation is 2. The van der Waals surface area contributed by atoms with Crippen molar-refractivity contribution in [1.82, 2.24) is 9.97 Å². The van der Waals surface area contributed by atoms with Crippen molar-refractivity contribution in [1.29, 1.82) is 5.26 Å². The van der Waals surface area contributed by atoms with Crippen LogP contribution in [-0.4, -0.2) is 9.97 Å². The molecule has 5 heteroatoms. The summed E-state index contributed by atoms with van der Waals surface area (Å²) in [4.78, 5) is 9.37. The van der Waals surface area contributed by atoms with Crippen LogP contribution >= 0.6 is 23.4 Å². The third-order valence-electron chi connectivity index (χ3n) is 2.32. The minimum atomic E-state index is 0.599. The van der Waals surface area contributed by atoms with E-state index in [4.69, 9.17) is 16.9 Å². The van der Waals surface area contributed by atoms with Gasteiger partial charge in [-0.1, -0.05) is 23.4 Å². The topological polar surface area (TPSA) is 49.6 Å². The summed E-state index contributed by atoms with van der Waals surface area (Å²) in [5.74, 6) is 0. The van der Waals surface area contributed by atoms with Crippen molar-refractivity contribution in [3.63, 3.8) is 0 Å². The number of rotatable bonds is 2. The van der Waals surface area contributed by atoms with Crippen LogP contribution in [0.5, 0.6) is 0 Å². The van der Waals surface area contributed by atoms with Gasteiger partial charge in [-0.3, -0.25) is 4.98 Å². The Morgan fingerprint density at radius 2 is 2.11 bits per heavy atom. The van der Waals surface area contributed by atoms with E-state index in [1.165, 1.54) is 11.8 Å². The normalized spacial score (nSPS) is 10.1. The Kier molecular flexibility index (Phi) is 3.85. The molecule has 0 aromatic carbocycles. The lowest BCUT2D eigenvalue weighted by Crippen LogP contribution is -1.94. The van der Waals surface area contributed by atoms with Gasteiger partial charge in [0.05, 0.1) is 16.3 Å². The molecule has 0 fully saturated rings. The zero-order chi connectivity index (χ0) is 13.1. The van der Waals surface area contributed by atoms with Crippen molar-refractivity contribution in [3.8, 4) is 6.07 Å². The summed E-state index contributed by atoms with van der Waals surface area (Å²) in [6.45, 7) is 3.75. The van der Waals surface area contributed by atoms with E-state index >= 15 is 0 Å². The van der Waals surface area contributed by atoms with E-state index in [-0.39, 0.29) is 0 Å². The summed E-state index contributed by atoms with van der Waals surface area (Å²) in [6, 6.07) is 7.70. The van der Waals surface area contributed by atoms with Crippen LogP contribution in [0.15, 0.2) is 34.3 Å². The zero-order valence-corrected chi connectivity index (χ0v) is 11.5. The standard InChI is InChI=1S/C13H10ClN3S/c1-8-5-12(11(6-15)9(2)17-8)18-13-4-3-10(14)7-16-13/h3-5,7H,1-2H3. The van der Waals surface area contributed by atoms with Crippen molar-refractivity contribution in [2.75, 3.05) is 0 Å². The molecule has 18 heavy (non-hydrogen) atoms. The Hall–Kier alpha value is -1.57. The molecule has 0 aliphatic carbocycles. The number of hydrogen-bond acceptors (Lipinski definition) is 4. The molecule has 0 N–H and O–H groups in total. The Bertz CT molecular complexity index is 617. The maximum atomic E-state index is 9.17. The molecule has 0 atom stereocenters. The van der Waals surface area contributed by atoms with E-state index in [0.717, 1.165) is 21.3 Å². The fourth-order valence-corrected chi connectivity index (χ4v) is 2.65. The van der Waals surface area contributed by atoms with Gasteiger partial charge in [0.25, 0.3) is 0 Å². The third-order valence-corrected chi connectivity index (χ3v) is 3.53. The highest BCUT2D eigenvalue weighted by molar-refractivity contribution is 7.99. The van der Waals surface area contributed by atoms with Crippen molar-refractivity contribution in [2.45, 2.75) is 23.8 Å². The number of nitrogens with zero attached hydrogens (tertiary/aromatic N) is 3. The Balaban J connectivity index is 2.40. The number of nitriles is 1. The van der Waals surface area contributed by atoms with Crippen LogP contribution in [0.4, 0.5) is 0 Å². The maximum Gasteiger partial charge on any atom is 0.102 e. The lowest BCUT2D eigenvalue weighted by Gasteiger charge is -2.06. The zero-order valence-electron chi connectivity index (χ0n) is 9.94. The van der Waals surface area contributed by atoms with E-state index in [9.17, 15) is 0 Å². The summed E-state index contributed by atoms with van der Waals surface area (Å²) < 4.78 is 0. The van der Waals surface area contributed by atoms with Crippen molar-refractivity contribution < 1.29 is 0 Å². The van der Waals surface area contributed by atoms with Gasteiger partial charge in [-0.2, -0.15) is 5.26 Å². The van der Waals surface area contributed by atoms with E-state index < -0.39 is 0 Å². The second-order valence-electron chi connectivity index (χ2n) is 3.75. The fraction of sp³-hybridized carbons (Fsp3) is 0.154. The predicted octanol–water partition coefficient (Wildman–Crippen LogP) is 3.77. The summed E-state index contributed by atoms with van der Waals surface area (Å²) in [6.07, 6.45) is 1.59. The van der Waals surface area contributed by atoms with Gasteiger partial charge in [0.1, 0.15) is 11.1 Å². The molecule has 0 spiro atoms. The molecular formula is C13H10ClN3S. The summed E-state index contributed by atoms with van der Waals surface area (Å²) in [5, 5.41) is 10.6. The van der Waals surface area contributed by atoms with Crippen LogP contribution in [-0.2, 0) is 0 Å². The summed E-state index contributed by atoms with van der Waals surface area (Å²) in [5.41, 5.74) is 2.24. The highest BCUT2D eigenvalue weighted by atomic mass is 35.5. The monoisotopic (exact) mass is 275 g/mol. The van der Waals surface area contributed by atoms with Gasteiger partial charge in [0.15, 0.2) is 0 Å². The molecule has 2 heterocycles. The van der Waals surface area contributed by atoms with Crippen LogP contribution in [0.3, 0.4) is 0 Å². The largest absolute Gasteiger partial charge is 0.257 e. The molecular weight excluding hydrogens is 266 g/mol. The van der Waals surface area contributed by atoms with Crippen molar-refractivity contribution in [3.05, 3.63) is 46.4 Å². The molecule has 0 radical (unpaired) electrons.